The highest BCUT2D eigenvalue weighted by molar-refractivity contribution is 7.15. The second-order valence-corrected chi connectivity index (χ2v) is 7.17. The molecule has 0 bridgehead atoms. The van der Waals surface area contributed by atoms with E-state index in [0.717, 1.165) is 54.7 Å². The average molecular weight is 366 g/mol. The number of anilines is 1. The van der Waals surface area contributed by atoms with Gasteiger partial charge in [0.1, 0.15) is 0 Å². The van der Waals surface area contributed by atoms with Crippen molar-refractivity contribution in [1.29, 1.82) is 0 Å². The summed E-state index contributed by atoms with van der Waals surface area (Å²) < 4.78 is 5.30. The number of nitrogens with zero attached hydrogens (tertiary/aromatic N) is 2. The van der Waals surface area contributed by atoms with E-state index in [1.165, 1.54) is 11.3 Å². The molecule has 24 heavy (non-hydrogen) atoms. The number of nitrogens with one attached hydrogen (secondary N) is 1. The lowest BCUT2D eigenvalue weighted by atomic mass is 10.1. The summed E-state index contributed by atoms with van der Waals surface area (Å²) in [5.41, 5.74) is 1.06. The molecule has 2 heterocycles. The molecule has 3 rings (SSSR count). The number of benzene rings is 1. The van der Waals surface area contributed by atoms with Crippen LogP contribution in [0.4, 0.5) is 5.13 Å². The van der Waals surface area contributed by atoms with Crippen LogP contribution < -0.4 is 5.32 Å². The molecule has 5 nitrogen and oxygen atoms in total. The minimum Gasteiger partial charge on any atom is -0.379 e. The third-order valence-electron chi connectivity index (χ3n) is 3.88. The normalized spacial score (nSPS) is 15.4. The van der Waals surface area contributed by atoms with Crippen LogP contribution in [0.1, 0.15) is 16.9 Å². The van der Waals surface area contributed by atoms with Crippen LogP contribution in [0.2, 0.25) is 5.02 Å². The van der Waals surface area contributed by atoms with Crippen molar-refractivity contribution in [3.63, 3.8) is 0 Å². The minimum absolute atomic E-state index is 0.000125. The fourth-order valence-corrected chi connectivity index (χ4v) is 3.60. The predicted molar refractivity (Wildman–Crippen MR) is 96.9 cm³/mol. The standard InChI is InChI=1S/C17H20ClN3O2S/c18-15-4-2-1-3-13(15)11-14-12-19-17(24-14)20-16(22)5-6-21-7-9-23-10-8-21/h1-4,12H,5-11H2,(H,19,20,22). The van der Waals surface area contributed by atoms with Gasteiger partial charge >= 0.3 is 0 Å². The van der Waals surface area contributed by atoms with E-state index >= 15 is 0 Å². The fraction of sp³-hybridized carbons (Fsp3) is 0.412. The summed E-state index contributed by atoms with van der Waals surface area (Å²) in [6, 6.07) is 7.77. The van der Waals surface area contributed by atoms with Crippen molar-refractivity contribution in [2.45, 2.75) is 12.8 Å². The van der Waals surface area contributed by atoms with Gasteiger partial charge in [0.05, 0.1) is 13.2 Å². The van der Waals surface area contributed by atoms with Crippen LogP contribution >= 0.6 is 22.9 Å². The summed E-state index contributed by atoms with van der Waals surface area (Å²) >= 11 is 7.67. The first kappa shape index (κ1) is 17.4. The van der Waals surface area contributed by atoms with Gasteiger partial charge in [0.2, 0.25) is 5.91 Å². The average Bonchev–Trinajstić information content (AvgIpc) is 3.03. The monoisotopic (exact) mass is 365 g/mol. The number of amides is 1. The second-order valence-electron chi connectivity index (χ2n) is 5.65. The molecule has 1 aromatic carbocycles. The van der Waals surface area contributed by atoms with E-state index in [1.807, 2.05) is 24.3 Å². The van der Waals surface area contributed by atoms with Gasteiger partial charge in [-0.15, -0.1) is 11.3 Å². The van der Waals surface area contributed by atoms with Crippen LogP contribution in [-0.4, -0.2) is 48.6 Å². The van der Waals surface area contributed by atoms with E-state index in [0.29, 0.717) is 11.6 Å². The van der Waals surface area contributed by atoms with E-state index in [9.17, 15) is 4.79 Å². The van der Waals surface area contributed by atoms with Gasteiger partial charge in [0, 0.05) is 48.6 Å². The summed E-state index contributed by atoms with van der Waals surface area (Å²) in [6.45, 7) is 4.05. The number of rotatable bonds is 6. The van der Waals surface area contributed by atoms with Crippen molar-refractivity contribution in [3.05, 3.63) is 45.9 Å². The van der Waals surface area contributed by atoms with Crippen molar-refractivity contribution in [2.24, 2.45) is 0 Å². The fourth-order valence-electron chi connectivity index (χ4n) is 2.54. The Balaban J connectivity index is 1.48. The molecule has 0 spiro atoms. The smallest absolute Gasteiger partial charge is 0.227 e. The van der Waals surface area contributed by atoms with Gasteiger partial charge in [-0.05, 0) is 11.6 Å². The summed E-state index contributed by atoms with van der Waals surface area (Å²) in [5, 5.41) is 4.27. The summed E-state index contributed by atoms with van der Waals surface area (Å²) in [4.78, 5) is 19.7. The lowest BCUT2D eigenvalue weighted by Gasteiger charge is -2.26. The number of ether oxygens (including phenoxy) is 1. The molecule has 1 aliphatic rings. The Labute approximate surface area is 150 Å². The first-order valence-electron chi connectivity index (χ1n) is 7.99. The van der Waals surface area contributed by atoms with Crippen LogP contribution in [-0.2, 0) is 16.0 Å². The number of halogens is 1. The largest absolute Gasteiger partial charge is 0.379 e. The van der Waals surface area contributed by atoms with Crippen LogP contribution in [0.3, 0.4) is 0 Å². The van der Waals surface area contributed by atoms with Crippen molar-refractivity contribution in [1.82, 2.24) is 9.88 Å². The Morgan fingerprint density at radius 3 is 2.92 bits per heavy atom. The van der Waals surface area contributed by atoms with Gasteiger partial charge in [-0.1, -0.05) is 29.8 Å². The second kappa shape index (κ2) is 8.58. The highest BCUT2D eigenvalue weighted by atomic mass is 35.5. The molecule has 1 fully saturated rings. The number of morpholine rings is 1. The quantitative estimate of drug-likeness (QED) is 0.854. The molecular formula is C17H20ClN3O2S. The molecule has 1 aliphatic heterocycles. The predicted octanol–water partition coefficient (Wildman–Crippen LogP) is 3.05. The van der Waals surface area contributed by atoms with E-state index in [4.69, 9.17) is 16.3 Å². The van der Waals surface area contributed by atoms with Gasteiger partial charge in [-0.25, -0.2) is 4.98 Å². The number of hydrogen-bond acceptors (Lipinski definition) is 5. The van der Waals surface area contributed by atoms with E-state index in [2.05, 4.69) is 15.2 Å². The van der Waals surface area contributed by atoms with Crippen molar-refractivity contribution in [2.75, 3.05) is 38.2 Å². The van der Waals surface area contributed by atoms with Crippen molar-refractivity contribution < 1.29 is 9.53 Å². The summed E-state index contributed by atoms with van der Waals surface area (Å²) in [6.07, 6.45) is 2.99. The molecule has 0 saturated carbocycles. The molecule has 0 radical (unpaired) electrons. The number of aromatic nitrogens is 1. The summed E-state index contributed by atoms with van der Waals surface area (Å²) in [7, 11) is 0. The van der Waals surface area contributed by atoms with Gasteiger partial charge in [-0.2, -0.15) is 0 Å². The highest BCUT2D eigenvalue weighted by Gasteiger charge is 2.13. The zero-order chi connectivity index (χ0) is 16.8. The van der Waals surface area contributed by atoms with Gasteiger partial charge in [0.25, 0.3) is 0 Å². The Morgan fingerprint density at radius 2 is 2.12 bits per heavy atom. The van der Waals surface area contributed by atoms with Crippen LogP contribution in [0, 0.1) is 0 Å². The zero-order valence-electron chi connectivity index (χ0n) is 13.3. The lowest BCUT2D eigenvalue weighted by molar-refractivity contribution is -0.116. The molecule has 128 valence electrons. The number of carbonyl (C=O) groups is 1. The topological polar surface area (TPSA) is 54.5 Å². The molecule has 1 N–H and O–H groups in total. The number of carbonyl (C=O) groups excluding carboxylic acids is 1. The molecule has 1 saturated heterocycles. The third kappa shape index (κ3) is 5.01. The Bertz CT molecular complexity index is 686. The molecule has 7 heteroatoms. The maximum atomic E-state index is 12.1. The molecule has 1 aromatic heterocycles. The number of thiazole rings is 1. The van der Waals surface area contributed by atoms with Crippen LogP contribution in [0.15, 0.2) is 30.5 Å². The molecule has 0 atom stereocenters. The maximum Gasteiger partial charge on any atom is 0.227 e. The molecular weight excluding hydrogens is 346 g/mol. The first-order valence-corrected chi connectivity index (χ1v) is 9.18. The SMILES string of the molecule is O=C(CCN1CCOCC1)Nc1ncc(Cc2ccccc2Cl)s1. The van der Waals surface area contributed by atoms with Gasteiger partial charge < -0.3 is 10.1 Å². The van der Waals surface area contributed by atoms with E-state index in [1.54, 1.807) is 6.20 Å². The third-order valence-corrected chi connectivity index (χ3v) is 5.16. The Morgan fingerprint density at radius 1 is 1.33 bits per heavy atom. The Hall–Kier alpha value is -1.47. The zero-order valence-corrected chi connectivity index (χ0v) is 14.9. The van der Waals surface area contributed by atoms with E-state index < -0.39 is 0 Å². The maximum absolute atomic E-state index is 12.1. The minimum atomic E-state index is 0.000125. The van der Waals surface area contributed by atoms with Gasteiger partial charge in [-0.3, -0.25) is 9.69 Å². The highest BCUT2D eigenvalue weighted by Crippen LogP contribution is 2.24. The molecule has 1 amide bonds. The lowest BCUT2D eigenvalue weighted by Crippen LogP contribution is -2.38. The summed E-state index contributed by atoms with van der Waals surface area (Å²) in [5.74, 6) is 0.000125. The Kier molecular flexibility index (Phi) is 6.20. The molecule has 0 aliphatic carbocycles. The van der Waals surface area contributed by atoms with Crippen LogP contribution in [0.5, 0.6) is 0 Å². The first-order chi connectivity index (χ1) is 11.7. The molecule has 0 unspecified atom stereocenters. The van der Waals surface area contributed by atoms with Crippen LogP contribution in [0.25, 0.3) is 0 Å². The van der Waals surface area contributed by atoms with Crippen molar-refractivity contribution in [3.8, 4) is 0 Å². The van der Waals surface area contributed by atoms with E-state index in [-0.39, 0.29) is 5.91 Å². The molecule has 2 aromatic rings. The van der Waals surface area contributed by atoms with Crippen molar-refractivity contribution >= 4 is 34.0 Å². The van der Waals surface area contributed by atoms with Gasteiger partial charge in [0.15, 0.2) is 5.13 Å². The number of hydrogen-bond donors (Lipinski definition) is 1.